The molecule has 0 N–H and O–H groups in total. The fourth-order valence-corrected chi connectivity index (χ4v) is 2.29. The van der Waals surface area contributed by atoms with Gasteiger partial charge in [0, 0.05) is 25.0 Å². The summed E-state index contributed by atoms with van der Waals surface area (Å²) in [5.41, 5.74) is 2.11. The van der Waals surface area contributed by atoms with Crippen LogP contribution in [-0.2, 0) is 7.05 Å². The first kappa shape index (κ1) is 16.5. The number of rotatable bonds is 6. The van der Waals surface area contributed by atoms with Gasteiger partial charge in [0.1, 0.15) is 25.0 Å². The van der Waals surface area contributed by atoms with Crippen molar-refractivity contribution in [3.05, 3.63) is 60.2 Å². The molecule has 3 aromatic rings. The maximum atomic E-state index is 13.6. The van der Waals surface area contributed by atoms with Crippen LogP contribution in [0, 0.1) is 17.1 Å². The van der Waals surface area contributed by atoms with E-state index in [9.17, 15) is 4.39 Å². The Kier molecular flexibility index (Phi) is 4.90. The van der Waals surface area contributed by atoms with Crippen LogP contribution in [0.25, 0.3) is 11.3 Å². The van der Waals surface area contributed by atoms with E-state index in [1.54, 1.807) is 10.9 Å². The predicted octanol–water partition coefficient (Wildman–Crippen LogP) is 2.95. The van der Waals surface area contributed by atoms with Crippen molar-refractivity contribution in [2.45, 2.75) is 0 Å². The monoisotopic (exact) mass is 338 g/mol. The number of hydrogen-bond acceptors (Lipinski definition) is 5. The Balaban J connectivity index is 1.56. The van der Waals surface area contributed by atoms with Gasteiger partial charge < -0.3 is 9.47 Å². The molecule has 3 rings (SSSR count). The molecule has 0 bridgehead atoms. The zero-order valence-corrected chi connectivity index (χ0v) is 13.5. The molecule has 126 valence electrons. The highest BCUT2D eigenvalue weighted by molar-refractivity contribution is 5.61. The first-order valence-electron chi connectivity index (χ1n) is 7.57. The normalized spacial score (nSPS) is 10.3. The molecule has 0 unspecified atom stereocenters. The second-order valence-corrected chi connectivity index (χ2v) is 5.19. The van der Waals surface area contributed by atoms with Crippen LogP contribution in [0.2, 0.25) is 0 Å². The molecule has 0 aliphatic carbocycles. The highest BCUT2D eigenvalue weighted by Gasteiger charge is 2.07. The largest absolute Gasteiger partial charge is 0.490 e. The quantitative estimate of drug-likeness (QED) is 0.646. The molecule has 0 spiro atoms. The minimum atomic E-state index is -0.669. The van der Waals surface area contributed by atoms with E-state index in [0.717, 1.165) is 17.3 Å². The zero-order chi connectivity index (χ0) is 17.6. The van der Waals surface area contributed by atoms with Crippen LogP contribution < -0.4 is 9.47 Å². The van der Waals surface area contributed by atoms with Gasteiger partial charge in [-0.2, -0.15) is 10.4 Å². The molecule has 6 nitrogen and oxygen atoms in total. The minimum absolute atomic E-state index is 0.131. The van der Waals surface area contributed by atoms with E-state index in [0.29, 0.717) is 5.75 Å². The summed E-state index contributed by atoms with van der Waals surface area (Å²) < 4.78 is 26.3. The summed E-state index contributed by atoms with van der Waals surface area (Å²) in [4.78, 5) is 3.77. The minimum Gasteiger partial charge on any atom is -0.490 e. The standard InChI is InChI=1S/C18H15FN4O2/c1-23-17(5-6-22-23)14-3-2-4-15(10-14)24-7-8-25-18-16(19)9-13(11-20)12-21-18/h2-6,9-10,12H,7-8H2,1H3. The fourth-order valence-electron chi connectivity index (χ4n) is 2.29. The van der Waals surface area contributed by atoms with Crippen LogP contribution in [0.15, 0.2) is 48.8 Å². The number of aromatic nitrogens is 3. The number of nitrogens with zero attached hydrogens (tertiary/aromatic N) is 4. The number of halogens is 1. The summed E-state index contributed by atoms with van der Waals surface area (Å²) in [5.74, 6) is -0.140. The number of benzene rings is 1. The molecule has 7 heteroatoms. The molecular weight excluding hydrogens is 323 g/mol. The van der Waals surface area contributed by atoms with E-state index in [4.69, 9.17) is 14.7 Å². The Bertz CT molecular complexity index is 917. The molecule has 2 aromatic heterocycles. The van der Waals surface area contributed by atoms with Crippen LogP contribution in [0.3, 0.4) is 0 Å². The van der Waals surface area contributed by atoms with E-state index >= 15 is 0 Å². The van der Waals surface area contributed by atoms with E-state index in [1.807, 2.05) is 43.4 Å². The number of hydrogen-bond donors (Lipinski definition) is 0. The maximum Gasteiger partial charge on any atom is 0.250 e. The molecule has 0 amide bonds. The third-order valence-electron chi connectivity index (χ3n) is 3.48. The highest BCUT2D eigenvalue weighted by Crippen LogP contribution is 2.23. The Morgan fingerprint density at radius 2 is 2.04 bits per heavy atom. The predicted molar refractivity (Wildman–Crippen MR) is 88.5 cm³/mol. The lowest BCUT2D eigenvalue weighted by Crippen LogP contribution is -2.10. The molecule has 0 aliphatic rings. The van der Waals surface area contributed by atoms with Gasteiger partial charge in [-0.1, -0.05) is 12.1 Å². The third kappa shape index (κ3) is 3.93. The molecule has 0 fully saturated rings. The Labute approximate surface area is 144 Å². The van der Waals surface area contributed by atoms with Gasteiger partial charge in [-0.15, -0.1) is 0 Å². The smallest absolute Gasteiger partial charge is 0.250 e. The first-order chi connectivity index (χ1) is 12.2. The van der Waals surface area contributed by atoms with Crippen molar-refractivity contribution < 1.29 is 13.9 Å². The summed E-state index contributed by atoms with van der Waals surface area (Å²) in [6, 6.07) is 12.4. The molecule has 0 saturated carbocycles. The van der Waals surface area contributed by atoms with Gasteiger partial charge in [0.15, 0.2) is 5.82 Å². The van der Waals surface area contributed by atoms with E-state index in [-0.39, 0.29) is 24.7 Å². The van der Waals surface area contributed by atoms with Crippen molar-refractivity contribution >= 4 is 0 Å². The molecule has 0 aliphatic heterocycles. The maximum absolute atomic E-state index is 13.6. The van der Waals surface area contributed by atoms with Crippen molar-refractivity contribution in [1.82, 2.24) is 14.8 Å². The molecular formula is C18H15FN4O2. The lowest BCUT2D eigenvalue weighted by Gasteiger charge is -2.09. The zero-order valence-electron chi connectivity index (χ0n) is 13.5. The molecule has 0 saturated heterocycles. The molecule has 2 heterocycles. The lowest BCUT2D eigenvalue weighted by molar-refractivity contribution is 0.205. The Morgan fingerprint density at radius 1 is 1.20 bits per heavy atom. The van der Waals surface area contributed by atoms with Crippen molar-refractivity contribution in [3.63, 3.8) is 0 Å². The average molecular weight is 338 g/mol. The number of nitriles is 1. The van der Waals surface area contributed by atoms with Gasteiger partial charge in [-0.25, -0.2) is 9.37 Å². The molecule has 0 atom stereocenters. The Morgan fingerprint density at radius 3 is 2.76 bits per heavy atom. The summed E-state index contributed by atoms with van der Waals surface area (Å²) >= 11 is 0. The van der Waals surface area contributed by atoms with E-state index in [1.165, 1.54) is 6.20 Å². The first-order valence-corrected chi connectivity index (χ1v) is 7.57. The van der Waals surface area contributed by atoms with Crippen molar-refractivity contribution in [2.24, 2.45) is 7.05 Å². The molecule has 25 heavy (non-hydrogen) atoms. The van der Waals surface area contributed by atoms with Crippen molar-refractivity contribution in [3.8, 4) is 29.0 Å². The van der Waals surface area contributed by atoms with Crippen LogP contribution in [0.4, 0.5) is 4.39 Å². The van der Waals surface area contributed by atoms with Gasteiger partial charge in [0.25, 0.3) is 5.88 Å². The van der Waals surface area contributed by atoms with E-state index in [2.05, 4.69) is 10.1 Å². The summed E-state index contributed by atoms with van der Waals surface area (Å²) in [5, 5.41) is 12.8. The van der Waals surface area contributed by atoms with Gasteiger partial charge in [-0.3, -0.25) is 4.68 Å². The van der Waals surface area contributed by atoms with Crippen LogP contribution >= 0.6 is 0 Å². The van der Waals surface area contributed by atoms with Gasteiger partial charge in [0.05, 0.1) is 11.3 Å². The molecule has 0 radical (unpaired) electrons. The second-order valence-electron chi connectivity index (χ2n) is 5.19. The summed E-state index contributed by atoms with van der Waals surface area (Å²) in [7, 11) is 1.87. The summed E-state index contributed by atoms with van der Waals surface area (Å²) in [6.07, 6.45) is 2.99. The number of aryl methyl sites for hydroxylation is 1. The van der Waals surface area contributed by atoms with Gasteiger partial charge >= 0.3 is 0 Å². The van der Waals surface area contributed by atoms with Gasteiger partial charge in [0.2, 0.25) is 0 Å². The third-order valence-corrected chi connectivity index (χ3v) is 3.48. The fraction of sp³-hybridized carbons (Fsp3) is 0.167. The summed E-state index contributed by atoms with van der Waals surface area (Å²) in [6.45, 7) is 0.363. The molecule has 1 aromatic carbocycles. The second kappa shape index (κ2) is 7.45. The lowest BCUT2D eigenvalue weighted by atomic mass is 10.1. The SMILES string of the molecule is Cn1nccc1-c1cccc(OCCOc2ncc(C#N)cc2F)c1. The van der Waals surface area contributed by atoms with Crippen LogP contribution in [0.1, 0.15) is 5.56 Å². The van der Waals surface area contributed by atoms with Crippen molar-refractivity contribution in [1.29, 1.82) is 5.26 Å². The van der Waals surface area contributed by atoms with E-state index < -0.39 is 5.82 Å². The highest BCUT2D eigenvalue weighted by atomic mass is 19.1. The van der Waals surface area contributed by atoms with Crippen LogP contribution in [-0.4, -0.2) is 28.0 Å². The van der Waals surface area contributed by atoms with Crippen LogP contribution in [0.5, 0.6) is 11.6 Å². The average Bonchev–Trinajstić information content (AvgIpc) is 3.06. The Hall–Kier alpha value is -3.40. The van der Waals surface area contributed by atoms with Crippen molar-refractivity contribution in [2.75, 3.05) is 13.2 Å². The number of pyridine rings is 1. The topological polar surface area (TPSA) is 73.0 Å². The number of ether oxygens (including phenoxy) is 2. The van der Waals surface area contributed by atoms with Gasteiger partial charge in [-0.05, 0) is 24.3 Å².